The Morgan fingerprint density at radius 1 is 1.53 bits per heavy atom. The van der Waals surface area contributed by atoms with E-state index in [0.29, 0.717) is 17.6 Å². The minimum atomic E-state index is -0.950. The van der Waals surface area contributed by atoms with Crippen molar-refractivity contribution in [1.29, 1.82) is 0 Å². The number of benzene rings is 1. The van der Waals surface area contributed by atoms with Crippen molar-refractivity contribution >= 4 is 18.5 Å². The summed E-state index contributed by atoms with van der Waals surface area (Å²) >= 11 is 0. The predicted molar refractivity (Wildman–Crippen MR) is 66.2 cm³/mol. The summed E-state index contributed by atoms with van der Waals surface area (Å²) in [5.41, 5.74) is 1.65. The Balaban J connectivity index is 2.39. The zero-order valence-electron chi connectivity index (χ0n) is 10.3. The van der Waals surface area contributed by atoms with Gasteiger partial charge in [0.05, 0.1) is 5.60 Å². The molecule has 1 heterocycles. The molecule has 0 radical (unpaired) electrons. The van der Waals surface area contributed by atoms with Gasteiger partial charge >= 0.3 is 7.12 Å². The molecule has 2 rings (SSSR count). The van der Waals surface area contributed by atoms with Crippen molar-refractivity contribution in [3.05, 3.63) is 29.3 Å². The summed E-state index contributed by atoms with van der Waals surface area (Å²) < 4.78 is 5.44. The molecule has 0 atom stereocenters. The Morgan fingerprint density at radius 2 is 2.24 bits per heavy atom. The molecule has 0 saturated heterocycles. The first kappa shape index (κ1) is 12.1. The quantitative estimate of drug-likeness (QED) is 0.726. The van der Waals surface area contributed by atoms with Crippen molar-refractivity contribution in [2.45, 2.75) is 26.4 Å². The van der Waals surface area contributed by atoms with E-state index in [1.54, 1.807) is 12.1 Å². The Labute approximate surface area is 101 Å². The van der Waals surface area contributed by atoms with Crippen LogP contribution in [0, 0.1) is 0 Å². The second-order valence-corrected chi connectivity index (χ2v) is 4.64. The summed E-state index contributed by atoms with van der Waals surface area (Å²) in [5.74, 6) is -0.132. The maximum absolute atomic E-state index is 11.7. The number of hydrogen-bond donors (Lipinski definition) is 2. The molecule has 0 spiro atoms. The fourth-order valence-corrected chi connectivity index (χ4v) is 2.13. The molecule has 5 heteroatoms. The van der Waals surface area contributed by atoms with Crippen molar-refractivity contribution in [3.63, 3.8) is 0 Å². The van der Waals surface area contributed by atoms with Crippen LogP contribution in [0.2, 0.25) is 0 Å². The second kappa shape index (κ2) is 4.16. The molecule has 2 N–H and O–H groups in total. The van der Waals surface area contributed by atoms with Crippen molar-refractivity contribution in [2.75, 3.05) is 6.54 Å². The number of carbonyl (C=O) groups excluding carboxylic acids is 1. The lowest BCUT2D eigenvalue weighted by molar-refractivity contribution is 0.0953. The van der Waals surface area contributed by atoms with Crippen LogP contribution in [0.1, 0.15) is 36.7 Å². The van der Waals surface area contributed by atoms with E-state index in [4.69, 9.17) is 4.65 Å². The van der Waals surface area contributed by atoms with Gasteiger partial charge in [0.2, 0.25) is 0 Å². The van der Waals surface area contributed by atoms with E-state index in [9.17, 15) is 9.82 Å². The summed E-state index contributed by atoms with van der Waals surface area (Å²) in [4.78, 5) is 11.7. The maximum Gasteiger partial charge on any atom is 0.492 e. The van der Waals surface area contributed by atoms with Crippen LogP contribution in [0.4, 0.5) is 0 Å². The molecule has 0 aromatic heterocycles. The number of fused-ring (bicyclic) bond motifs is 1. The first-order chi connectivity index (χ1) is 7.95. The Hall–Kier alpha value is -1.33. The lowest BCUT2D eigenvalue weighted by Crippen LogP contribution is -2.30. The third-order valence-electron chi connectivity index (χ3n) is 2.97. The number of rotatable bonds is 2. The van der Waals surface area contributed by atoms with Gasteiger partial charge in [0, 0.05) is 12.1 Å². The highest BCUT2D eigenvalue weighted by Gasteiger charge is 2.40. The van der Waals surface area contributed by atoms with Gasteiger partial charge < -0.3 is 15.0 Å². The fourth-order valence-electron chi connectivity index (χ4n) is 2.13. The standard InChI is InChI=1S/C12H16BNO3/c1-4-14-11(15)8-5-6-9-10(7-8)13(16)17-12(9,2)3/h5-7,16H,4H2,1-3H3,(H,14,15). The van der Waals surface area contributed by atoms with Crippen LogP contribution in [0.15, 0.2) is 18.2 Å². The Bertz CT molecular complexity index is 459. The molecular formula is C12H16BNO3. The summed E-state index contributed by atoms with van der Waals surface area (Å²) in [6.45, 7) is 6.24. The summed E-state index contributed by atoms with van der Waals surface area (Å²) in [6, 6.07) is 5.29. The largest absolute Gasteiger partial charge is 0.492 e. The highest BCUT2D eigenvalue weighted by molar-refractivity contribution is 6.62. The Kier molecular flexibility index (Phi) is 2.97. The van der Waals surface area contributed by atoms with Gasteiger partial charge in [0.15, 0.2) is 0 Å². The van der Waals surface area contributed by atoms with Crippen molar-refractivity contribution in [3.8, 4) is 0 Å². The van der Waals surface area contributed by atoms with Gasteiger partial charge in [-0.15, -0.1) is 0 Å². The minimum absolute atomic E-state index is 0.132. The van der Waals surface area contributed by atoms with Gasteiger partial charge in [0.1, 0.15) is 0 Å². The minimum Gasteiger partial charge on any atom is -0.423 e. The number of nitrogens with one attached hydrogen (secondary N) is 1. The first-order valence-electron chi connectivity index (χ1n) is 5.74. The fraction of sp³-hybridized carbons (Fsp3) is 0.417. The van der Waals surface area contributed by atoms with Crippen LogP contribution in [0.5, 0.6) is 0 Å². The Morgan fingerprint density at radius 3 is 2.88 bits per heavy atom. The molecule has 1 aromatic rings. The smallest absolute Gasteiger partial charge is 0.423 e. The van der Waals surface area contributed by atoms with E-state index >= 15 is 0 Å². The number of amides is 1. The van der Waals surface area contributed by atoms with E-state index in [-0.39, 0.29) is 5.91 Å². The van der Waals surface area contributed by atoms with Gasteiger partial charge in [-0.1, -0.05) is 6.07 Å². The average Bonchev–Trinajstić information content (AvgIpc) is 2.49. The lowest BCUT2D eigenvalue weighted by Gasteiger charge is -2.19. The molecule has 0 unspecified atom stereocenters. The maximum atomic E-state index is 11.7. The summed E-state index contributed by atoms with van der Waals surface area (Å²) in [6.07, 6.45) is 0. The SMILES string of the molecule is CCNC(=O)c1ccc2c(c1)B(O)OC2(C)C. The van der Waals surface area contributed by atoms with E-state index in [0.717, 1.165) is 5.56 Å². The predicted octanol–water partition coefficient (Wildman–Crippen LogP) is 0.389. The van der Waals surface area contributed by atoms with Gasteiger partial charge in [0.25, 0.3) is 5.91 Å². The van der Waals surface area contributed by atoms with Crippen LogP contribution in [-0.2, 0) is 10.3 Å². The molecule has 1 amide bonds. The van der Waals surface area contributed by atoms with Gasteiger partial charge in [-0.05, 0) is 43.9 Å². The monoisotopic (exact) mass is 233 g/mol. The molecule has 17 heavy (non-hydrogen) atoms. The average molecular weight is 233 g/mol. The molecule has 4 nitrogen and oxygen atoms in total. The van der Waals surface area contributed by atoms with Gasteiger partial charge in [-0.25, -0.2) is 0 Å². The van der Waals surface area contributed by atoms with Crippen molar-refractivity contribution in [2.24, 2.45) is 0 Å². The molecule has 0 fully saturated rings. The van der Waals surface area contributed by atoms with E-state index in [2.05, 4.69) is 5.32 Å². The zero-order chi connectivity index (χ0) is 12.6. The van der Waals surface area contributed by atoms with E-state index in [1.807, 2.05) is 26.8 Å². The summed E-state index contributed by atoms with van der Waals surface area (Å²) in [5, 5.41) is 12.5. The van der Waals surface area contributed by atoms with Crippen molar-refractivity contribution < 1.29 is 14.5 Å². The topological polar surface area (TPSA) is 58.6 Å². The number of hydrogen-bond acceptors (Lipinski definition) is 3. The third kappa shape index (κ3) is 2.08. The molecule has 90 valence electrons. The van der Waals surface area contributed by atoms with Crippen LogP contribution in [0.25, 0.3) is 0 Å². The van der Waals surface area contributed by atoms with Crippen LogP contribution in [0.3, 0.4) is 0 Å². The van der Waals surface area contributed by atoms with Crippen LogP contribution in [-0.4, -0.2) is 24.6 Å². The van der Waals surface area contributed by atoms with E-state index < -0.39 is 12.7 Å². The lowest BCUT2D eigenvalue weighted by atomic mass is 9.77. The molecule has 1 aromatic carbocycles. The molecule has 0 saturated carbocycles. The van der Waals surface area contributed by atoms with E-state index in [1.165, 1.54) is 0 Å². The molecule has 0 bridgehead atoms. The number of carbonyl (C=O) groups is 1. The molecule has 1 aliphatic heterocycles. The van der Waals surface area contributed by atoms with Crippen LogP contribution >= 0.6 is 0 Å². The highest BCUT2D eigenvalue weighted by atomic mass is 16.5. The molecule has 1 aliphatic rings. The second-order valence-electron chi connectivity index (χ2n) is 4.64. The summed E-state index contributed by atoms with van der Waals surface area (Å²) in [7, 11) is -0.950. The molecular weight excluding hydrogens is 217 g/mol. The highest BCUT2D eigenvalue weighted by Crippen LogP contribution is 2.29. The van der Waals surface area contributed by atoms with Gasteiger partial charge in [-0.3, -0.25) is 4.79 Å². The zero-order valence-corrected chi connectivity index (χ0v) is 10.3. The third-order valence-corrected chi connectivity index (χ3v) is 2.97. The van der Waals surface area contributed by atoms with Gasteiger partial charge in [-0.2, -0.15) is 0 Å². The molecule has 0 aliphatic carbocycles. The first-order valence-corrected chi connectivity index (χ1v) is 5.74. The van der Waals surface area contributed by atoms with Crippen molar-refractivity contribution in [1.82, 2.24) is 5.32 Å². The van der Waals surface area contributed by atoms with Crippen LogP contribution < -0.4 is 10.8 Å². The normalized spacial score (nSPS) is 16.8.